The molecule has 7 heteroatoms. The molecule has 0 fully saturated rings. The number of rotatable bonds is 4. The molecule has 0 aliphatic carbocycles. The van der Waals surface area contributed by atoms with Crippen LogP contribution in [0.25, 0.3) is 0 Å². The first-order valence-electron chi connectivity index (χ1n) is 5.41. The lowest BCUT2D eigenvalue weighted by Gasteiger charge is -2.10. The number of sulfonamides is 1. The first-order valence-corrected chi connectivity index (χ1v) is 6.89. The summed E-state index contributed by atoms with van der Waals surface area (Å²) in [6.45, 7) is 1.81. The second-order valence-corrected chi connectivity index (χ2v) is 5.76. The van der Waals surface area contributed by atoms with Crippen molar-refractivity contribution in [2.45, 2.75) is 24.3 Å². The number of ether oxygens (including phenoxy) is 1. The van der Waals surface area contributed by atoms with E-state index in [2.05, 4.69) is 4.72 Å². The van der Waals surface area contributed by atoms with Crippen LogP contribution in [0.15, 0.2) is 23.1 Å². The largest absolute Gasteiger partial charge is 0.493 e. The van der Waals surface area contributed by atoms with Crippen molar-refractivity contribution in [3.05, 3.63) is 23.8 Å². The molecule has 0 aromatic heterocycles. The second-order valence-electron chi connectivity index (χ2n) is 4.05. The molecule has 2 rings (SSSR count). The van der Waals surface area contributed by atoms with E-state index in [1.165, 1.54) is 19.1 Å². The Morgan fingerprint density at radius 3 is 2.89 bits per heavy atom. The summed E-state index contributed by atoms with van der Waals surface area (Å²) in [6, 6.07) is 3.34. The molecule has 0 saturated heterocycles. The van der Waals surface area contributed by atoms with Crippen molar-refractivity contribution in [2.75, 3.05) is 6.61 Å². The molecule has 1 aromatic rings. The summed E-state index contributed by atoms with van der Waals surface area (Å²) >= 11 is 0. The van der Waals surface area contributed by atoms with Gasteiger partial charge in [0.05, 0.1) is 11.5 Å². The highest BCUT2D eigenvalue weighted by atomic mass is 32.2. The number of fused-ring (bicyclic) bond motifs is 1. The van der Waals surface area contributed by atoms with Crippen molar-refractivity contribution >= 4 is 16.0 Å². The highest BCUT2D eigenvalue weighted by molar-refractivity contribution is 7.89. The number of nitrogens with one attached hydrogen (secondary N) is 1. The van der Waals surface area contributed by atoms with E-state index in [1.807, 2.05) is 0 Å². The van der Waals surface area contributed by atoms with Crippen LogP contribution in [0.5, 0.6) is 5.75 Å². The van der Waals surface area contributed by atoms with Crippen molar-refractivity contribution in [3.8, 4) is 5.75 Å². The van der Waals surface area contributed by atoms with E-state index in [9.17, 15) is 13.2 Å². The molecule has 6 nitrogen and oxygen atoms in total. The molecule has 0 spiro atoms. The van der Waals surface area contributed by atoms with Crippen LogP contribution in [0, 0.1) is 0 Å². The van der Waals surface area contributed by atoms with Gasteiger partial charge >= 0.3 is 5.97 Å². The Bertz CT molecular complexity index is 581. The van der Waals surface area contributed by atoms with Crippen LogP contribution in [-0.4, -0.2) is 32.1 Å². The van der Waals surface area contributed by atoms with Gasteiger partial charge in [0.1, 0.15) is 11.8 Å². The van der Waals surface area contributed by atoms with E-state index in [-0.39, 0.29) is 4.90 Å². The average molecular weight is 271 g/mol. The van der Waals surface area contributed by atoms with E-state index in [0.717, 1.165) is 5.56 Å². The minimum absolute atomic E-state index is 0.0554. The van der Waals surface area contributed by atoms with Gasteiger partial charge in [-0.15, -0.1) is 0 Å². The lowest BCUT2D eigenvalue weighted by atomic mass is 10.2. The fraction of sp³-hybridized carbons (Fsp3) is 0.364. The van der Waals surface area contributed by atoms with Crippen LogP contribution in [0.1, 0.15) is 12.5 Å². The normalized spacial score (nSPS) is 15.8. The maximum absolute atomic E-state index is 11.9. The molecule has 0 saturated carbocycles. The van der Waals surface area contributed by atoms with Gasteiger partial charge in [0.25, 0.3) is 0 Å². The Balaban J connectivity index is 2.28. The van der Waals surface area contributed by atoms with Crippen LogP contribution in [0.3, 0.4) is 0 Å². The molecule has 0 radical (unpaired) electrons. The predicted octanol–water partition coefficient (Wildman–Crippen LogP) is 0.373. The third kappa shape index (κ3) is 2.46. The van der Waals surface area contributed by atoms with Crippen LogP contribution in [0.4, 0.5) is 0 Å². The van der Waals surface area contributed by atoms with E-state index in [4.69, 9.17) is 9.84 Å². The van der Waals surface area contributed by atoms with Crippen LogP contribution >= 0.6 is 0 Å². The summed E-state index contributed by atoms with van der Waals surface area (Å²) in [4.78, 5) is 10.7. The molecule has 0 bridgehead atoms. The van der Waals surface area contributed by atoms with Gasteiger partial charge in [-0.1, -0.05) is 0 Å². The van der Waals surface area contributed by atoms with Crippen LogP contribution in [0.2, 0.25) is 0 Å². The Kier molecular flexibility index (Phi) is 3.27. The van der Waals surface area contributed by atoms with Gasteiger partial charge in [-0.05, 0) is 30.7 Å². The van der Waals surface area contributed by atoms with E-state index >= 15 is 0 Å². The predicted molar refractivity (Wildman–Crippen MR) is 63.1 cm³/mol. The van der Waals surface area contributed by atoms with Gasteiger partial charge < -0.3 is 9.84 Å². The molecule has 1 aliphatic rings. The van der Waals surface area contributed by atoms with E-state index in [0.29, 0.717) is 18.8 Å². The van der Waals surface area contributed by atoms with Crippen LogP contribution < -0.4 is 9.46 Å². The molecular formula is C11H13NO5S. The second kappa shape index (κ2) is 4.58. The highest BCUT2D eigenvalue weighted by Crippen LogP contribution is 2.27. The maximum Gasteiger partial charge on any atom is 0.321 e. The zero-order valence-corrected chi connectivity index (χ0v) is 10.5. The first kappa shape index (κ1) is 12.8. The van der Waals surface area contributed by atoms with Gasteiger partial charge in [0.2, 0.25) is 10.0 Å². The van der Waals surface area contributed by atoms with Gasteiger partial charge in [-0.25, -0.2) is 8.42 Å². The molecule has 1 heterocycles. The topological polar surface area (TPSA) is 92.7 Å². The quantitative estimate of drug-likeness (QED) is 0.825. The van der Waals surface area contributed by atoms with Crippen molar-refractivity contribution in [1.29, 1.82) is 0 Å². The molecular weight excluding hydrogens is 258 g/mol. The zero-order chi connectivity index (χ0) is 13.3. The Morgan fingerprint density at radius 2 is 2.22 bits per heavy atom. The monoisotopic (exact) mass is 271 g/mol. The number of hydrogen-bond donors (Lipinski definition) is 2. The smallest absolute Gasteiger partial charge is 0.321 e. The van der Waals surface area contributed by atoms with Gasteiger partial charge in [-0.3, -0.25) is 4.79 Å². The number of carbonyl (C=O) groups is 1. The summed E-state index contributed by atoms with van der Waals surface area (Å²) in [5, 5.41) is 8.70. The lowest BCUT2D eigenvalue weighted by Crippen LogP contribution is -2.38. The zero-order valence-electron chi connectivity index (χ0n) is 9.71. The van der Waals surface area contributed by atoms with Crippen molar-refractivity contribution in [3.63, 3.8) is 0 Å². The number of benzene rings is 1. The van der Waals surface area contributed by atoms with Crippen LogP contribution in [-0.2, 0) is 21.2 Å². The summed E-state index contributed by atoms with van der Waals surface area (Å²) in [7, 11) is -3.81. The highest BCUT2D eigenvalue weighted by Gasteiger charge is 2.23. The lowest BCUT2D eigenvalue weighted by molar-refractivity contribution is -0.138. The maximum atomic E-state index is 11.9. The Labute approximate surface area is 105 Å². The van der Waals surface area contributed by atoms with Crippen molar-refractivity contribution in [2.24, 2.45) is 0 Å². The Morgan fingerprint density at radius 1 is 1.50 bits per heavy atom. The van der Waals surface area contributed by atoms with Crippen molar-refractivity contribution in [1.82, 2.24) is 4.72 Å². The fourth-order valence-corrected chi connectivity index (χ4v) is 2.93. The van der Waals surface area contributed by atoms with Gasteiger partial charge in [-0.2, -0.15) is 4.72 Å². The average Bonchev–Trinajstić information content (AvgIpc) is 2.74. The molecule has 1 aliphatic heterocycles. The Hall–Kier alpha value is -1.60. The molecule has 18 heavy (non-hydrogen) atoms. The summed E-state index contributed by atoms with van der Waals surface area (Å²) < 4.78 is 31.2. The van der Waals surface area contributed by atoms with Crippen molar-refractivity contribution < 1.29 is 23.1 Å². The number of carboxylic acids is 1. The van der Waals surface area contributed by atoms with Gasteiger partial charge in [0, 0.05) is 6.42 Å². The van der Waals surface area contributed by atoms with E-state index in [1.54, 1.807) is 6.07 Å². The fourth-order valence-electron chi connectivity index (χ4n) is 1.68. The number of aliphatic carboxylic acids is 1. The summed E-state index contributed by atoms with van der Waals surface area (Å²) in [5.41, 5.74) is 0.820. The van der Waals surface area contributed by atoms with E-state index < -0.39 is 22.0 Å². The third-order valence-electron chi connectivity index (χ3n) is 2.67. The minimum Gasteiger partial charge on any atom is -0.493 e. The third-order valence-corrected chi connectivity index (χ3v) is 4.21. The van der Waals surface area contributed by atoms with Gasteiger partial charge in [0.15, 0.2) is 0 Å². The standard InChI is InChI=1S/C11H13NO5S/c1-7(11(13)14)12-18(15,16)9-2-3-10-8(6-9)4-5-17-10/h2-3,6-7,12H,4-5H2,1H3,(H,13,14)/t7-/m1/s1. The molecule has 0 unspecified atom stereocenters. The number of carboxylic acid groups (broad SMARTS) is 1. The molecule has 98 valence electrons. The molecule has 1 aromatic carbocycles. The molecule has 0 amide bonds. The first-order chi connectivity index (χ1) is 8.40. The summed E-state index contributed by atoms with van der Waals surface area (Å²) in [5.74, 6) is -0.539. The molecule has 2 N–H and O–H groups in total. The SMILES string of the molecule is C[C@@H](NS(=O)(=O)c1ccc2c(c1)CCO2)C(=O)O. The minimum atomic E-state index is -3.81. The molecule has 1 atom stereocenters. The summed E-state index contributed by atoms with van der Waals surface area (Å²) in [6.07, 6.45) is 0.660. The number of hydrogen-bond acceptors (Lipinski definition) is 4.